The number of benzene rings is 1. The van der Waals surface area contributed by atoms with Crippen molar-refractivity contribution in [3.05, 3.63) is 35.9 Å². The number of fused-ring (bicyclic) bond motifs is 1. The molecule has 1 aromatic carbocycles. The van der Waals surface area contributed by atoms with E-state index in [1.54, 1.807) is 0 Å². The van der Waals surface area contributed by atoms with Gasteiger partial charge in [-0.3, -0.25) is 4.99 Å². The summed E-state index contributed by atoms with van der Waals surface area (Å²) in [5, 5.41) is 14.7. The molecule has 4 heteroatoms. The van der Waals surface area contributed by atoms with Gasteiger partial charge >= 0.3 is 0 Å². The monoisotopic (exact) mass is 285 g/mol. The van der Waals surface area contributed by atoms with Crippen LogP contribution in [-0.2, 0) is 6.42 Å². The van der Waals surface area contributed by atoms with Crippen molar-refractivity contribution in [1.29, 1.82) is 0 Å². The zero-order chi connectivity index (χ0) is 14.5. The van der Waals surface area contributed by atoms with Crippen LogP contribution >= 0.6 is 0 Å². The van der Waals surface area contributed by atoms with Crippen molar-refractivity contribution in [2.24, 2.45) is 16.0 Å². The van der Waals surface area contributed by atoms with Crippen molar-refractivity contribution in [1.82, 2.24) is 5.43 Å². The van der Waals surface area contributed by atoms with E-state index in [2.05, 4.69) is 39.8 Å². The number of nitrogens with one attached hydrogen (secondary N) is 1. The first-order valence-corrected chi connectivity index (χ1v) is 7.88. The molecule has 0 fully saturated rings. The zero-order valence-corrected chi connectivity index (χ0v) is 12.3. The zero-order valence-electron chi connectivity index (χ0n) is 12.3. The van der Waals surface area contributed by atoms with Crippen molar-refractivity contribution in [2.75, 3.05) is 6.54 Å². The lowest BCUT2D eigenvalue weighted by molar-refractivity contribution is 0.220. The lowest BCUT2D eigenvalue weighted by atomic mass is 9.88. The number of aliphatic hydroxyl groups is 1. The molecule has 1 aromatic rings. The van der Waals surface area contributed by atoms with Crippen molar-refractivity contribution in [3.63, 3.8) is 0 Å². The Balaban J connectivity index is 1.42. The highest BCUT2D eigenvalue weighted by atomic mass is 16.3. The van der Waals surface area contributed by atoms with Gasteiger partial charge in [0, 0.05) is 25.1 Å². The van der Waals surface area contributed by atoms with Crippen LogP contribution in [0.15, 0.2) is 40.4 Å². The summed E-state index contributed by atoms with van der Waals surface area (Å²) in [4.78, 5) is 4.33. The maximum absolute atomic E-state index is 10.4. The standard InChI is InChI=1S/C17H23N3O/c21-16(9-5-4-8-13-6-2-1-3-7-13)17-14-12-18-11-10-15(14)19-20-17/h1-3,6-7,11,14-16,19,21H,4-5,8-10,12H2. The lowest BCUT2D eigenvalue weighted by Crippen LogP contribution is -2.38. The smallest absolute Gasteiger partial charge is 0.0943 e. The number of aryl methyl sites for hydroxylation is 1. The SMILES string of the molecule is OC(CCCCc1ccccc1)C1=NNC2CC=NCC12. The van der Waals surface area contributed by atoms with E-state index in [0.29, 0.717) is 12.0 Å². The third kappa shape index (κ3) is 3.50. The second-order valence-electron chi connectivity index (χ2n) is 5.91. The van der Waals surface area contributed by atoms with E-state index in [-0.39, 0.29) is 0 Å². The van der Waals surface area contributed by atoms with Gasteiger partial charge in [0.2, 0.25) is 0 Å². The molecule has 0 spiro atoms. The molecule has 3 unspecified atom stereocenters. The van der Waals surface area contributed by atoms with Crippen molar-refractivity contribution in [2.45, 2.75) is 44.2 Å². The number of aliphatic imine (C=N–C) groups is 1. The van der Waals surface area contributed by atoms with Crippen molar-refractivity contribution < 1.29 is 5.11 Å². The van der Waals surface area contributed by atoms with Gasteiger partial charge in [-0.1, -0.05) is 36.8 Å². The Bertz CT molecular complexity index is 512. The predicted octanol–water partition coefficient (Wildman–Crippen LogP) is 2.18. The van der Waals surface area contributed by atoms with E-state index in [4.69, 9.17) is 0 Å². The molecule has 0 aromatic heterocycles. The van der Waals surface area contributed by atoms with E-state index in [9.17, 15) is 5.11 Å². The van der Waals surface area contributed by atoms with Gasteiger partial charge in [0.25, 0.3) is 0 Å². The summed E-state index contributed by atoms with van der Waals surface area (Å²) >= 11 is 0. The van der Waals surface area contributed by atoms with Crippen LogP contribution in [0, 0.1) is 5.92 Å². The molecule has 2 aliphatic heterocycles. The van der Waals surface area contributed by atoms with Crippen LogP contribution in [0.1, 0.15) is 31.2 Å². The number of unbranched alkanes of at least 4 members (excludes halogenated alkanes) is 1. The molecule has 21 heavy (non-hydrogen) atoms. The van der Waals surface area contributed by atoms with Gasteiger partial charge in [-0.25, -0.2) is 0 Å². The molecule has 2 aliphatic rings. The molecule has 3 rings (SSSR count). The van der Waals surface area contributed by atoms with Crippen LogP contribution < -0.4 is 5.43 Å². The first-order chi connectivity index (χ1) is 10.3. The van der Waals surface area contributed by atoms with E-state index >= 15 is 0 Å². The van der Waals surface area contributed by atoms with E-state index in [1.165, 1.54) is 5.56 Å². The summed E-state index contributed by atoms with van der Waals surface area (Å²) in [5.74, 6) is 0.291. The highest BCUT2D eigenvalue weighted by Gasteiger charge is 2.35. The Morgan fingerprint density at radius 1 is 1.24 bits per heavy atom. The number of nitrogens with zero attached hydrogens (tertiary/aromatic N) is 2. The first-order valence-electron chi connectivity index (χ1n) is 7.88. The molecular formula is C17H23N3O. The summed E-state index contributed by atoms with van der Waals surface area (Å²) in [7, 11) is 0. The molecule has 0 radical (unpaired) electrons. The van der Waals surface area contributed by atoms with Gasteiger partial charge in [-0.15, -0.1) is 0 Å². The maximum Gasteiger partial charge on any atom is 0.0943 e. The second kappa shape index (κ2) is 6.85. The fraction of sp³-hybridized carbons (Fsp3) is 0.529. The van der Waals surface area contributed by atoms with Crippen LogP contribution in [0.5, 0.6) is 0 Å². The first kappa shape index (κ1) is 14.3. The molecule has 4 nitrogen and oxygen atoms in total. The van der Waals surface area contributed by atoms with Crippen LogP contribution in [0.25, 0.3) is 0 Å². The minimum atomic E-state index is -0.420. The lowest BCUT2D eigenvalue weighted by Gasteiger charge is -2.23. The average molecular weight is 285 g/mol. The van der Waals surface area contributed by atoms with E-state index < -0.39 is 6.10 Å². The predicted molar refractivity (Wildman–Crippen MR) is 85.8 cm³/mol. The Morgan fingerprint density at radius 3 is 2.95 bits per heavy atom. The topological polar surface area (TPSA) is 57.0 Å². The molecule has 0 bridgehead atoms. The molecule has 0 saturated carbocycles. The molecule has 3 atom stereocenters. The van der Waals surface area contributed by atoms with Crippen LogP contribution in [0.4, 0.5) is 0 Å². The average Bonchev–Trinajstić information content (AvgIpc) is 2.96. The summed E-state index contributed by atoms with van der Waals surface area (Å²) in [5.41, 5.74) is 5.43. The van der Waals surface area contributed by atoms with Gasteiger partial charge in [0.15, 0.2) is 0 Å². The fourth-order valence-electron chi connectivity index (χ4n) is 3.13. The molecule has 0 aliphatic carbocycles. The molecule has 112 valence electrons. The third-order valence-corrected chi connectivity index (χ3v) is 4.39. The van der Waals surface area contributed by atoms with Crippen LogP contribution in [0.3, 0.4) is 0 Å². The van der Waals surface area contributed by atoms with Crippen LogP contribution in [0.2, 0.25) is 0 Å². The molecular weight excluding hydrogens is 262 g/mol. The Kier molecular flexibility index (Phi) is 4.65. The third-order valence-electron chi connectivity index (χ3n) is 4.39. The number of hydrazone groups is 1. The summed E-state index contributed by atoms with van der Waals surface area (Å²) in [6.45, 7) is 0.761. The summed E-state index contributed by atoms with van der Waals surface area (Å²) < 4.78 is 0. The summed E-state index contributed by atoms with van der Waals surface area (Å²) in [6.07, 6.45) is 6.45. The maximum atomic E-state index is 10.4. The number of rotatable bonds is 6. The molecule has 0 amide bonds. The van der Waals surface area contributed by atoms with Crippen molar-refractivity contribution >= 4 is 11.9 Å². The largest absolute Gasteiger partial charge is 0.387 e. The van der Waals surface area contributed by atoms with Gasteiger partial charge in [-0.05, 0) is 24.8 Å². The van der Waals surface area contributed by atoms with Gasteiger partial charge < -0.3 is 10.5 Å². The number of aliphatic hydroxyl groups excluding tert-OH is 1. The highest BCUT2D eigenvalue weighted by Crippen LogP contribution is 2.23. The van der Waals surface area contributed by atoms with E-state index in [0.717, 1.165) is 44.4 Å². The van der Waals surface area contributed by atoms with Gasteiger partial charge in [0.05, 0.1) is 17.9 Å². The van der Waals surface area contributed by atoms with Gasteiger partial charge in [-0.2, -0.15) is 5.10 Å². The minimum absolute atomic E-state index is 0.291. The van der Waals surface area contributed by atoms with Crippen LogP contribution in [-0.4, -0.2) is 35.7 Å². The minimum Gasteiger partial charge on any atom is -0.387 e. The Labute approximate surface area is 126 Å². The highest BCUT2D eigenvalue weighted by molar-refractivity contribution is 5.93. The fourth-order valence-corrected chi connectivity index (χ4v) is 3.13. The summed E-state index contributed by atoms with van der Waals surface area (Å²) in [6, 6.07) is 10.9. The molecule has 2 N–H and O–H groups in total. The quantitative estimate of drug-likeness (QED) is 0.787. The Morgan fingerprint density at radius 2 is 2.10 bits per heavy atom. The molecule has 0 saturated heterocycles. The Hall–Kier alpha value is -1.68. The van der Waals surface area contributed by atoms with Crippen molar-refractivity contribution in [3.8, 4) is 0 Å². The number of hydrogen-bond acceptors (Lipinski definition) is 4. The number of hydrogen-bond donors (Lipinski definition) is 2. The second-order valence-corrected chi connectivity index (χ2v) is 5.91. The van der Waals surface area contributed by atoms with E-state index in [1.807, 2.05) is 12.3 Å². The molecule has 2 heterocycles. The normalized spacial score (nSPS) is 25.1. The van der Waals surface area contributed by atoms with Gasteiger partial charge in [0.1, 0.15) is 0 Å².